The van der Waals surface area contributed by atoms with Crippen LogP contribution in [0.1, 0.15) is 5.56 Å². The second kappa shape index (κ2) is 5.48. The SMILES string of the molecule is CN(Cc1ccc2c(c1)ncn2C)C(CO)CO. The van der Waals surface area contributed by atoms with Crippen molar-refractivity contribution in [3.8, 4) is 0 Å². The Bertz CT molecular complexity index is 520. The molecule has 2 rings (SSSR count). The number of rotatable bonds is 5. The van der Waals surface area contributed by atoms with Crippen LogP contribution >= 0.6 is 0 Å². The van der Waals surface area contributed by atoms with Crippen molar-refractivity contribution < 1.29 is 10.2 Å². The molecule has 0 aliphatic carbocycles. The van der Waals surface area contributed by atoms with Gasteiger partial charge in [-0.05, 0) is 24.7 Å². The van der Waals surface area contributed by atoms with Crippen molar-refractivity contribution in [2.24, 2.45) is 7.05 Å². The second-order valence-corrected chi connectivity index (χ2v) is 4.61. The van der Waals surface area contributed by atoms with E-state index in [1.807, 2.05) is 41.8 Å². The number of aliphatic hydroxyl groups is 2. The van der Waals surface area contributed by atoms with Gasteiger partial charge in [0.1, 0.15) is 0 Å². The average Bonchev–Trinajstić information content (AvgIpc) is 2.72. The number of nitrogens with zero attached hydrogens (tertiary/aromatic N) is 3. The standard InChI is InChI=1S/C13H19N3O2/c1-15(11(7-17)8-18)6-10-3-4-13-12(5-10)14-9-16(13)2/h3-5,9,11,17-18H,6-8H2,1-2H3. The minimum atomic E-state index is -0.218. The highest BCUT2D eigenvalue weighted by molar-refractivity contribution is 5.75. The van der Waals surface area contributed by atoms with Crippen LogP contribution < -0.4 is 0 Å². The lowest BCUT2D eigenvalue weighted by Gasteiger charge is -2.24. The van der Waals surface area contributed by atoms with Crippen molar-refractivity contribution in [3.63, 3.8) is 0 Å². The topological polar surface area (TPSA) is 61.5 Å². The number of aromatic nitrogens is 2. The lowest BCUT2D eigenvalue weighted by molar-refractivity contribution is 0.0874. The van der Waals surface area contributed by atoms with Gasteiger partial charge in [-0.25, -0.2) is 4.98 Å². The van der Waals surface area contributed by atoms with E-state index in [1.54, 1.807) is 6.33 Å². The highest BCUT2D eigenvalue weighted by Crippen LogP contribution is 2.15. The summed E-state index contributed by atoms with van der Waals surface area (Å²) in [6.45, 7) is 0.593. The van der Waals surface area contributed by atoms with E-state index in [9.17, 15) is 0 Å². The minimum absolute atomic E-state index is 0.0428. The molecule has 0 spiro atoms. The maximum Gasteiger partial charge on any atom is 0.0955 e. The Morgan fingerprint density at radius 1 is 1.33 bits per heavy atom. The molecule has 0 radical (unpaired) electrons. The van der Waals surface area contributed by atoms with E-state index in [2.05, 4.69) is 4.98 Å². The van der Waals surface area contributed by atoms with Crippen molar-refractivity contribution in [3.05, 3.63) is 30.1 Å². The Hall–Kier alpha value is -1.43. The lowest BCUT2D eigenvalue weighted by Crippen LogP contribution is -2.37. The van der Waals surface area contributed by atoms with Gasteiger partial charge in [0.25, 0.3) is 0 Å². The Morgan fingerprint density at radius 3 is 2.72 bits per heavy atom. The van der Waals surface area contributed by atoms with Gasteiger partial charge in [0.2, 0.25) is 0 Å². The number of hydrogen-bond acceptors (Lipinski definition) is 4. The summed E-state index contributed by atoms with van der Waals surface area (Å²) in [5.41, 5.74) is 3.19. The maximum absolute atomic E-state index is 9.13. The zero-order chi connectivity index (χ0) is 13.1. The number of benzene rings is 1. The Labute approximate surface area is 106 Å². The summed E-state index contributed by atoms with van der Waals surface area (Å²) < 4.78 is 1.98. The van der Waals surface area contributed by atoms with Crippen molar-refractivity contribution in [2.45, 2.75) is 12.6 Å². The van der Waals surface area contributed by atoms with E-state index in [4.69, 9.17) is 10.2 Å². The zero-order valence-electron chi connectivity index (χ0n) is 10.7. The minimum Gasteiger partial charge on any atom is -0.395 e. The number of fused-ring (bicyclic) bond motifs is 1. The molecule has 2 N–H and O–H groups in total. The number of hydrogen-bond donors (Lipinski definition) is 2. The second-order valence-electron chi connectivity index (χ2n) is 4.61. The number of aliphatic hydroxyl groups excluding tert-OH is 2. The molecule has 0 saturated carbocycles. The molecular weight excluding hydrogens is 230 g/mol. The van der Waals surface area contributed by atoms with Gasteiger partial charge in [0.15, 0.2) is 0 Å². The molecule has 0 amide bonds. The summed E-state index contributed by atoms with van der Waals surface area (Å²) in [6, 6.07) is 5.91. The molecule has 5 heteroatoms. The molecule has 0 atom stereocenters. The predicted molar refractivity (Wildman–Crippen MR) is 70.1 cm³/mol. The van der Waals surface area contributed by atoms with Gasteiger partial charge in [-0.1, -0.05) is 6.07 Å². The third-order valence-corrected chi connectivity index (χ3v) is 3.27. The van der Waals surface area contributed by atoms with Crippen LogP contribution in [0.25, 0.3) is 11.0 Å². The fourth-order valence-electron chi connectivity index (χ4n) is 2.03. The van der Waals surface area contributed by atoms with Crippen LogP contribution in [-0.2, 0) is 13.6 Å². The van der Waals surface area contributed by atoms with Crippen LogP contribution in [0.2, 0.25) is 0 Å². The van der Waals surface area contributed by atoms with E-state index in [-0.39, 0.29) is 19.3 Å². The van der Waals surface area contributed by atoms with Crippen LogP contribution in [0.15, 0.2) is 24.5 Å². The van der Waals surface area contributed by atoms with E-state index >= 15 is 0 Å². The van der Waals surface area contributed by atoms with Crippen LogP contribution in [0.5, 0.6) is 0 Å². The van der Waals surface area contributed by atoms with Gasteiger partial charge in [-0.15, -0.1) is 0 Å². The first-order valence-corrected chi connectivity index (χ1v) is 5.97. The van der Waals surface area contributed by atoms with Crippen molar-refractivity contribution >= 4 is 11.0 Å². The van der Waals surface area contributed by atoms with Crippen LogP contribution in [-0.4, -0.2) is 51.0 Å². The van der Waals surface area contributed by atoms with Crippen LogP contribution in [0.4, 0.5) is 0 Å². The summed E-state index contributed by atoms with van der Waals surface area (Å²) in [4.78, 5) is 6.25. The van der Waals surface area contributed by atoms with E-state index < -0.39 is 0 Å². The Balaban J connectivity index is 2.16. The molecule has 0 aliphatic heterocycles. The number of aryl methyl sites for hydroxylation is 1. The van der Waals surface area contributed by atoms with Gasteiger partial charge in [0.05, 0.1) is 36.6 Å². The lowest BCUT2D eigenvalue weighted by atomic mass is 10.1. The molecule has 18 heavy (non-hydrogen) atoms. The van der Waals surface area contributed by atoms with Gasteiger partial charge >= 0.3 is 0 Å². The highest BCUT2D eigenvalue weighted by Gasteiger charge is 2.13. The van der Waals surface area contributed by atoms with Crippen molar-refractivity contribution in [2.75, 3.05) is 20.3 Å². The molecular formula is C13H19N3O2. The maximum atomic E-state index is 9.13. The van der Waals surface area contributed by atoms with Gasteiger partial charge in [0, 0.05) is 13.6 Å². The first kappa shape index (κ1) is 13.0. The molecule has 98 valence electrons. The molecule has 2 aromatic rings. The average molecular weight is 249 g/mol. The van der Waals surface area contributed by atoms with E-state index in [1.165, 1.54) is 0 Å². The number of imidazole rings is 1. The van der Waals surface area contributed by atoms with E-state index in [0.717, 1.165) is 16.6 Å². The fraction of sp³-hybridized carbons (Fsp3) is 0.462. The van der Waals surface area contributed by atoms with Gasteiger partial charge in [-0.2, -0.15) is 0 Å². The normalized spacial score (nSPS) is 11.9. The van der Waals surface area contributed by atoms with Crippen LogP contribution in [0, 0.1) is 0 Å². The molecule has 0 saturated heterocycles. The van der Waals surface area contributed by atoms with Gasteiger partial charge in [-0.3, -0.25) is 4.90 Å². The quantitative estimate of drug-likeness (QED) is 0.803. The van der Waals surface area contributed by atoms with Crippen LogP contribution in [0.3, 0.4) is 0 Å². The number of likely N-dealkylation sites (N-methyl/N-ethyl adjacent to an activating group) is 1. The summed E-state index contributed by atoms with van der Waals surface area (Å²) in [6.07, 6.45) is 1.79. The molecule has 0 bridgehead atoms. The first-order chi connectivity index (χ1) is 8.65. The molecule has 0 unspecified atom stereocenters. The third-order valence-electron chi connectivity index (χ3n) is 3.27. The molecule has 0 fully saturated rings. The van der Waals surface area contributed by atoms with E-state index in [0.29, 0.717) is 6.54 Å². The molecule has 0 aliphatic rings. The monoisotopic (exact) mass is 249 g/mol. The van der Waals surface area contributed by atoms with Gasteiger partial charge < -0.3 is 14.8 Å². The smallest absolute Gasteiger partial charge is 0.0955 e. The fourth-order valence-corrected chi connectivity index (χ4v) is 2.03. The predicted octanol–water partition coefficient (Wildman–Crippen LogP) is 0.358. The third kappa shape index (κ3) is 2.53. The Kier molecular flexibility index (Phi) is 3.96. The highest BCUT2D eigenvalue weighted by atomic mass is 16.3. The Morgan fingerprint density at radius 2 is 2.06 bits per heavy atom. The summed E-state index contributed by atoms with van der Waals surface area (Å²) in [5.74, 6) is 0. The summed E-state index contributed by atoms with van der Waals surface area (Å²) >= 11 is 0. The summed E-state index contributed by atoms with van der Waals surface area (Å²) in [5, 5.41) is 18.3. The summed E-state index contributed by atoms with van der Waals surface area (Å²) in [7, 11) is 3.86. The van der Waals surface area contributed by atoms with Crippen molar-refractivity contribution in [1.82, 2.24) is 14.5 Å². The molecule has 1 heterocycles. The molecule has 5 nitrogen and oxygen atoms in total. The molecule has 1 aromatic carbocycles. The zero-order valence-corrected chi connectivity index (χ0v) is 10.7. The largest absolute Gasteiger partial charge is 0.395 e. The van der Waals surface area contributed by atoms with Crippen molar-refractivity contribution in [1.29, 1.82) is 0 Å². The first-order valence-electron chi connectivity index (χ1n) is 5.97. The molecule has 1 aromatic heterocycles.